The minimum absolute atomic E-state index is 0.165. The highest BCUT2D eigenvalue weighted by atomic mass is 79.9. The Hall–Kier alpha value is -1.56. The number of carboxylic acids is 1. The summed E-state index contributed by atoms with van der Waals surface area (Å²) in [5.41, 5.74) is -0.601. The van der Waals surface area contributed by atoms with Crippen LogP contribution in [-0.4, -0.2) is 40.8 Å². The molecule has 1 fully saturated rings. The van der Waals surface area contributed by atoms with E-state index in [0.717, 1.165) is 10.0 Å². The molecule has 0 aliphatic carbocycles. The number of hydrogen-bond donors (Lipinski definition) is 1. The van der Waals surface area contributed by atoms with Crippen LogP contribution >= 0.6 is 15.9 Å². The molecule has 0 aromatic heterocycles. The summed E-state index contributed by atoms with van der Waals surface area (Å²) in [5.74, 6) is -0.886. The topological polar surface area (TPSA) is 66.8 Å². The third-order valence-electron chi connectivity index (χ3n) is 3.58. The molecule has 2 rings (SSSR count). The van der Waals surface area contributed by atoms with Gasteiger partial charge in [-0.3, -0.25) is 4.79 Å². The highest BCUT2D eigenvalue weighted by molar-refractivity contribution is 9.10. The van der Waals surface area contributed by atoms with E-state index in [0.29, 0.717) is 6.42 Å². The van der Waals surface area contributed by atoms with E-state index < -0.39 is 23.1 Å². The van der Waals surface area contributed by atoms with Gasteiger partial charge in [0.25, 0.3) is 0 Å². The number of aliphatic carboxylic acids is 1. The summed E-state index contributed by atoms with van der Waals surface area (Å²) < 4.78 is 6.15. The van der Waals surface area contributed by atoms with Crippen molar-refractivity contribution >= 4 is 28.0 Å². The molecule has 0 unspecified atom stereocenters. The monoisotopic (exact) mass is 369 g/mol. The first-order valence-corrected chi connectivity index (χ1v) is 7.87. The molecule has 1 amide bonds. The van der Waals surface area contributed by atoms with E-state index in [2.05, 4.69) is 15.9 Å². The largest absolute Gasteiger partial charge is 0.481 e. The summed E-state index contributed by atoms with van der Waals surface area (Å²) in [7, 11) is 0. The van der Waals surface area contributed by atoms with Gasteiger partial charge in [-0.25, -0.2) is 4.79 Å². The summed E-state index contributed by atoms with van der Waals surface area (Å²) in [6, 6.07) is 7.54. The molecule has 0 spiro atoms. The zero-order chi connectivity index (χ0) is 16.5. The molecule has 1 saturated heterocycles. The van der Waals surface area contributed by atoms with Crippen LogP contribution in [-0.2, 0) is 16.0 Å². The molecule has 0 atom stereocenters. The van der Waals surface area contributed by atoms with Crippen LogP contribution in [0.25, 0.3) is 0 Å². The molecule has 0 radical (unpaired) electrons. The summed E-state index contributed by atoms with van der Waals surface area (Å²) in [4.78, 5) is 25.1. The van der Waals surface area contributed by atoms with Crippen molar-refractivity contribution in [3.8, 4) is 0 Å². The number of amides is 1. The highest BCUT2D eigenvalue weighted by Gasteiger charge is 2.52. The SMILES string of the molecule is CC(C)(C)OC(=O)N1CC(Cc2ccccc2Br)(C(=O)O)C1. The maximum Gasteiger partial charge on any atom is 0.410 e. The average Bonchev–Trinajstić information content (AvgIpc) is 2.32. The smallest absolute Gasteiger partial charge is 0.410 e. The van der Waals surface area contributed by atoms with Gasteiger partial charge in [0, 0.05) is 17.6 Å². The Morgan fingerprint density at radius 2 is 1.91 bits per heavy atom. The second-order valence-corrected chi connectivity index (χ2v) is 7.54. The van der Waals surface area contributed by atoms with Crippen molar-refractivity contribution in [1.29, 1.82) is 0 Å². The normalized spacial score (nSPS) is 16.8. The number of rotatable bonds is 3. The number of carboxylic acid groups (broad SMARTS) is 1. The van der Waals surface area contributed by atoms with Gasteiger partial charge in [0.1, 0.15) is 11.0 Å². The van der Waals surface area contributed by atoms with Gasteiger partial charge in [0.05, 0.1) is 0 Å². The average molecular weight is 370 g/mol. The Morgan fingerprint density at radius 3 is 2.41 bits per heavy atom. The Morgan fingerprint density at radius 1 is 1.32 bits per heavy atom. The van der Waals surface area contributed by atoms with Crippen LogP contribution in [0.5, 0.6) is 0 Å². The molecule has 0 saturated carbocycles. The van der Waals surface area contributed by atoms with Crippen molar-refractivity contribution in [2.45, 2.75) is 32.8 Å². The van der Waals surface area contributed by atoms with Gasteiger partial charge in [-0.15, -0.1) is 0 Å². The van der Waals surface area contributed by atoms with Crippen LogP contribution in [0.15, 0.2) is 28.7 Å². The molecule has 0 bridgehead atoms. The lowest BCUT2D eigenvalue weighted by Crippen LogP contribution is -2.63. The summed E-state index contributed by atoms with van der Waals surface area (Å²) in [5, 5.41) is 9.57. The van der Waals surface area contributed by atoms with E-state index in [4.69, 9.17) is 4.74 Å². The fourth-order valence-electron chi connectivity index (χ4n) is 2.47. The van der Waals surface area contributed by atoms with Gasteiger partial charge in [-0.05, 0) is 38.8 Å². The molecule has 120 valence electrons. The van der Waals surface area contributed by atoms with Crippen LogP contribution in [0, 0.1) is 5.41 Å². The van der Waals surface area contributed by atoms with E-state index in [1.54, 1.807) is 20.8 Å². The van der Waals surface area contributed by atoms with Gasteiger partial charge in [-0.2, -0.15) is 0 Å². The molecule has 1 aliphatic rings. The van der Waals surface area contributed by atoms with Crippen molar-refractivity contribution in [1.82, 2.24) is 4.90 Å². The zero-order valence-corrected chi connectivity index (χ0v) is 14.5. The van der Waals surface area contributed by atoms with Gasteiger partial charge < -0.3 is 14.7 Å². The molecular weight excluding hydrogens is 350 g/mol. The van der Waals surface area contributed by atoms with Gasteiger partial charge >= 0.3 is 12.1 Å². The fourth-order valence-corrected chi connectivity index (χ4v) is 2.89. The predicted molar refractivity (Wildman–Crippen MR) is 85.7 cm³/mol. The van der Waals surface area contributed by atoms with E-state index in [-0.39, 0.29) is 13.1 Å². The standard InChI is InChI=1S/C16H20BrNO4/c1-15(2,3)22-14(21)18-9-16(10-18,13(19)20)8-11-6-4-5-7-12(11)17/h4-7H,8-10H2,1-3H3,(H,19,20). The Kier molecular flexibility index (Phi) is 4.52. The zero-order valence-electron chi connectivity index (χ0n) is 12.9. The lowest BCUT2D eigenvalue weighted by molar-refractivity contribution is -0.159. The number of halogens is 1. The van der Waals surface area contributed by atoms with Crippen LogP contribution < -0.4 is 0 Å². The van der Waals surface area contributed by atoms with Crippen molar-refractivity contribution in [3.63, 3.8) is 0 Å². The van der Waals surface area contributed by atoms with Crippen molar-refractivity contribution < 1.29 is 19.4 Å². The molecule has 22 heavy (non-hydrogen) atoms. The summed E-state index contributed by atoms with van der Waals surface area (Å²) in [6.45, 7) is 5.69. The van der Waals surface area contributed by atoms with Gasteiger partial charge in [0.15, 0.2) is 0 Å². The van der Waals surface area contributed by atoms with Crippen molar-refractivity contribution in [2.24, 2.45) is 5.41 Å². The van der Waals surface area contributed by atoms with E-state index in [1.807, 2.05) is 24.3 Å². The molecule has 1 heterocycles. The quantitative estimate of drug-likeness (QED) is 0.887. The maximum atomic E-state index is 12.0. The first kappa shape index (κ1) is 16.8. The number of likely N-dealkylation sites (tertiary alicyclic amines) is 1. The molecule has 1 aromatic rings. The van der Waals surface area contributed by atoms with E-state index in [1.165, 1.54) is 4.90 Å². The minimum atomic E-state index is -0.944. The first-order chi connectivity index (χ1) is 10.1. The second-order valence-electron chi connectivity index (χ2n) is 6.69. The molecule has 1 aromatic carbocycles. The highest BCUT2D eigenvalue weighted by Crippen LogP contribution is 2.37. The minimum Gasteiger partial charge on any atom is -0.481 e. The third-order valence-corrected chi connectivity index (χ3v) is 4.35. The number of ether oxygens (including phenoxy) is 1. The Balaban J connectivity index is 2.07. The summed E-state index contributed by atoms with van der Waals surface area (Å²) in [6.07, 6.45) is -0.0835. The molecule has 1 aliphatic heterocycles. The van der Waals surface area contributed by atoms with Crippen LogP contribution in [0.4, 0.5) is 4.79 Å². The van der Waals surface area contributed by atoms with Crippen LogP contribution in [0.1, 0.15) is 26.3 Å². The molecule has 6 heteroatoms. The number of carbonyl (C=O) groups excluding carboxylic acids is 1. The number of nitrogens with zero attached hydrogens (tertiary/aromatic N) is 1. The lowest BCUT2D eigenvalue weighted by Gasteiger charge is -2.47. The number of benzene rings is 1. The van der Waals surface area contributed by atoms with Crippen LogP contribution in [0.2, 0.25) is 0 Å². The first-order valence-electron chi connectivity index (χ1n) is 7.08. The third kappa shape index (κ3) is 3.61. The maximum absolute atomic E-state index is 12.0. The van der Waals surface area contributed by atoms with E-state index in [9.17, 15) is 14.7 Å². The lowest BCUT2D eigenvalue weighted by atomic mass is 9.75. The molecule has 5 nitrogen and oxygen atoms in total. The van der Waals surface area contributed by atoms with Gasteiger partial charge in [0.2, 0.25) is 0 Å². The van der Waals surface area contributed by atoms with Gasteiger partial charge in [-0.1, -0.05) is 34.1 Å². The number of hydrogen-bond acceptors (Lipinski definition) is 3. The molecular formula is C16H20BrNO4. The second kappa shape index (κ2) is 5.91. The fraction of sp³-hybridized carbons (Fsp3) is 0.500. The molecule has 1 N–H and O–H groups in total. The summed E-state index contributed by atoms with van der Waals surface area (Å²) >= 11 is 3.44. The Labute approximate surface area is 138 Å². The predicted octanol–water partition coefficient (Wildman–Crippen LogP) is 3.31. The number of carbonyl (C=O) groups is 2. The van der Waals surface area contributed by atoms with Crippen molar-refractivity contribution in [3.05, 3.63) is 34.3 Å². The Bertz CT molecular complexity index is 588. The van der Waals surface area contributed by atoms with E-state index >= 15 is 0 Å². The van der Waals surface area contributed by atoms with Crippen molar-refractivity contribution in [2.75, 3.05) is 13.1 Å². The van der Waals surface area contributed by atoms with Crippen LogP contribution in [0.3, 0.4) is 0 Å².